The molecule has 0 aliphatic heterocycles. The van der Waals surface area contributed by atoms with Crippen molar-refractivity contribution in [1.29, 1.82) is 0 Å². The highest BCUT2D eigenvalue weighted by Gasteiger charge is 2.02. The first-order valence-corrected chi connectivity index (χ1v) is 7.33. The molecule has 2 N–H and O–H groups in total. The molecule has 2 rings (SSSR count). The molecule has 2 amide bonds. The van der Waals surface area contributed by atoms with Crippen LogP contribution in [0.2, 0.25) is 5.02 Å². The highest BCUT2D eigenvalue weighted by molar-refractivity contribution is 6.30. The van der Waals surface area contributed by atoms with Crippen LogP contribution in [0.3, 0.4) is 0 Å². The van der Waals surface area contributed by atoms with E-state index in [0.29, 0.717) is 18.1 Å². The predicted molar refractivity (Wildman–Crippen MR) is 86.6 cm³/mol. The molecule has 0 atom stereocenters. The number of hydrogen-bond acceptors (Lipinski definition) is 1. The van der Waals surface area contributed by atoms with Crippen LogP contribution in [0.25, 0.3) is 0 Å². The topological polar surface area (TPSA) is 41.1 Å². The molecular formula is C17H19ClN2O. The van der Waals surface area contributed by atoms with E-state index < -0.39 is 0 Å². The number of benzene rings is 2. The summed E-state index contributed by atoms with van der Waals surface area (Å²) in [6, 6.07) is 15.5. The average Bonchev–Trinajstić information content (AvgIpc) is 2.47. The second-order valence-corrected chi connectivity index (χ2v) is 5.35. The van der Waals surface area contributed by atoms with Crippen LogP contribution >= 0.6 is 11.6 Å². The third-order valence-electron chi connectivity index (χ3n) is 3.28. The van der Waals surface area contributed by atoms with E-state index in [-0.39, 0.29) is 6.03 Å². The number of carbonyl (C=O) groups excluding carboxylic acids is 1. The first-order valence-electron chi connectivity index (χ1n) is 6.96. The molecule has 0 radical (unpaired) electrons. The van der Waals surface area contributed by atoms with Gasteiger partial charge in [-0.05, 0) is 42.2 Å². The van der Waals surface area contributed by atoms with Crippen LogP contribution in [0.15, 0.2) is 48.5 Å². The van der Waals surface area contributed by atoms with Crippen molar-refractivity contribution < 1.29 is 4.79 Å². The van der Waals surface area contributed by atoms with Crippen molar-refractivity contribution >= 4 is 17.6 Å². The van der Waals surface area contributed by atoms with Gasteiger partial charge in [-0.25, -0.2) is 4.79 Å². The minimum absolute atomic E-state index is 0.163. The molecule has 0 heterocycles. The summed E-state index contributed by atoms with van der Waals surface area (Å²) in [4.78, 5) is 11.7. The maximum atomic E-state index is 11.7. The van der Waals surface area contributed by atoms with Crippen molar-refractivity contribution in [3.63, 3.8) is 0 Å². The van der Waals surface area contributed by atoms with E-state index in [0.717, 1.165) is 12.0 Å². The average molecular weight is 303 g/mol. The molecule has 0 aliphatic carbocycles. The van der Waals surface area contributed by atoms with Crippen molar-refractivity contribution in [2.45, 2.75) is 19.9 Å². The number of halogens is 1. The van der Waals surface area contributed by atoms with Gasteiger partial charge >= 0.3 is 6.03 Å². The quantitative estimate of drug-likeness (QED) is 0.869. The van der Waals surface area contributed by atoms with Crippen molar-refractivity contribution in [1.82, 2.24) is 10.6 Å². The molecule has 0 bridgehead atoms. The molecule has 0 aliphatic rings. The van der Waals surface area contributed by atoms with E-state index in [1.165, 1.54) is 11.1 Å². The molecule has 0 aromatic heterocycles. The fraction of sp³-hybridized carbons (Fsp3) is 0.235. The molecule has 0 fully saturated rings. The Labute approximate surface area is 130 Å². The number of carbonyl (C=O) groups is 1. The van der Waals surface area contributed by atoms with E-state index >= 15 is 0 Å². The van der Waals surface area contributed by atoms with Crippen LogP contribution in [0, 0.1) is 6.92 Å². The van der Waals surface area contributed by atoms with Gasteiger partial charge in [0.1, 0.15) is 0 Å². The zero-order valence-corrected chi connectivity index (χ0v) is 12.8. The number of urea groups is 1. The number of nitrogens with one attached hydrogen (secondary N) is 2. The summed E-state index contributed by atoms with van der Waals surface area (Å²) in [5.74, 6) is 0. The maximum absolute atomic E-state index is 11.7. The Balaban J connectivity index is 1.72. The lowest BCUT2D eigenvalue weighted by atomic mass is 10.1. The third-order valence-corrected chi connectivity index (χ3v) is 3.52. The number of hydrogen-bond donors (Lipinski definition) is 2. The van der Waals surface area contributed by atoms with Crippen LogP contribution in [0.5, 0.6) is 0 Å². The van der Waals surface area contributed by atoms with Gasteiger partial charge in [-0.2, -0.15) is 0 Å². The normalized spacial score (nSPS) is 10.2. The fourth-order valence-corrected chi connectivity index (χ4v) is 2.31. The highest BCUT2D eigenvalue weighted by Crippen LogP contribution is 2.10. The largest absolute Gasteiger partial charge is 0.338 e. The van der Waals surface area contributed by atoms with Crippen LogP contribution in [0.4, 0.5) is 4.79 Å². The molecule has 2 aromatic rings. The van der Waals surface area contributed by atoms with Gasteiger partial charge in [0.15, 0.2) is 0 Å². The molecule has 0 unspecified atom stereocenters. The summed E-state index contributed by atoms with van der Waals surface area (Å²) in [5, 5.41) is 6.35. The monoisotopic (exact) mass is 302 g/mol. The van der Waals surface area contributed by atoms with E-state index in [4.69, 9.17) is 11.6 Å². The fourth-order valence-electron chi connectivity index (χ4n) is 2.09. The van der Waals surface area contributed by atoms with E-state index in [1.54, 1.807) is 0 Å². The second kappa shape index (κ2) is 7.70. The van der Waals surface area contributed by atoms with Gasteiger partial charge in [0.25, 0.3) is 0 Å². The van der Waals surface area contributed by atoms with Gasteiger partial charge in [-0.15, -0.1) is 0 Å². The summed E-state index contributed by atoms with van der Waals surface area (Å²) in [5.41, 5.74) is 3.49. The van der Waals surface area contributed by atoms with Crippen LogP contribution in [-0.2, 0) is 13.0 Å². The first kappa shape index (κ1) is 15.4. The van der Waals surface area contributed by atoms with Crippen LogP contribution in [-0.4, -0.2) is 12.6 Å². The Morgan fingerprint density at radius 1 is 1.10 bits per heavy atom. The zero-order valence-electron chi connectivity index (χ0n) is 12.0. The summed E-state index contributed by atoms with van der Waals surface area (Å²) in [6.07, 6.45) is 0.831. The van der Waals surface area contributed by atoms with Gasteiger partial charge < -0.3 is 10.6 Å². The van der Waals surface area contributed by atoms with Gasteiger partial charge in [-0.1, -0.05) is 48.0 Å². The lowest BCUT2D eigenvalue weighted by Gasteiger charge is -2.09. The molecule has 110 valence electrons. The van der Waals surface area contributed by atoms with Crippen molar-refractivity contribution in [2.24, 2.45) is 0 Å². The third kappa shape index (κ3) is 5.12. The summed E-state index contributed by atoms with van der Waals surface area (Å²) in [7, 11) is 0. The molecule has 2 aromatic carbocycles. The SMILES string of the molecule is Cc1ccccc1CCNC(=O)NCc1cccc(Cl)c1. The van der Waals surface area contributed by atoms with Crippen LogP contribution < -0.4 is 10.6 Å². The van der Waals surface area contributed by atoms with Crippen molar-refractivity contribution in [3.05, 3.63) is 70.2 Å². The predicted octanol–water partition coefficient (Wildman–Crippen LogP) is 3.69. The Morgan fingerprint density at radius 3 is 2.67 bits per heavy atom. The number of amides is 2. The van der Waals surface area contributed by atoms with E-state index in [1.807, 2.05) is 36.4 Å². The van der Waals surface area contributed by atoms with Crippen LogP contribution in [0.1, 0.15) is 16.7 Å². The molecule has 3 nitrogen and oxygen atoms in total. The molecule has 0 saturated heterocycles. The Kier molecular flexibility index (Phi) is 5.64. The molecular weight excluding hydrogens is 284 g/mol. The zero-order chi connectivity index (χ0) is 15.1. The Morgan fingerprint density at radius 2 is 1.90 bits per heavy atom. The Bertz CT molecular complexity index is 613. The summed E-state index contributed by atoms with van der Waals surface area (Å²) >= 11 is 5.90. The van der Waals surface area contributed by atoms with Gasteiger partial charge in [0, 0.05) is 18.1 Å². The first-order chi connectivity index (χ1) is 10.1. The highest BCUT2D eigenvalue weighted by atomic mass is 35.5. The van der Waals surface area contributed by atoms with Gasteiger partial charge in [0.2, 0.25) is 0 Å². The second-order valence-electron chi connectivity index (χ2n) is 4.92. The summed E-state index contributed by atoms with van der Waals surface area (Å²) < 4.78 is 0. The van der Waals surface area contributed by atoms with Crippen molar-refractivity contribution in [3.8, 4) is 0 Å². The molecule has 4 heteroatoms. The van der Waals surface area contributed by atoms with Gasteiger partial charge in [-0.3, -0.25) is 0 Å². The molecule has 21 heavy (non-hydrogen) atoms. The Hall–Kier alpha value is -2.00. The maximum Gasteiger partial charge on any atom is 0.315 e. The number of rotatable bonds is 5. The lowest BCUT2D eigenvalue weighted by molar-refractivity contribution is 0.240. The molecule has 0 spiro atoms. The van der Waals surface area contributed by atoms with E-state index in [9.17, 15) is 4.79 Å². The smallest absolute Gasteiger partial charge is 0.315 e. The molecule has 0 saturated carbocycles. The number of aryl methyl sites for hydroxylation is 1. The van der Waals surface area contributed by atoms with E-state index in [2.05, 4.69) is 29.7 Å². The minimum atomic E-state index is -0.163. The summed E-state index contributed by atoms with van der Waals surface area (Å²) in [6.45, 7) is 3.16. The standard InChI is InChI=1S/C17H19ClN2O/c1-13-5-2-3-7-15(13)9-10-19-17(21)20-12-14-6-4-8-16(18)11-14/h2-8,11H,9-10,12H2,1H3,(H2,19,20,21). The minimum Gasteiger partial charge on any atom is -0.338 e. The van der Waals surface area contributed by atoms with Gasteiger partial charge in [0.05, 0.1) is 0 Å². The van der Waals surface area contributed by atoms with Crippen molar-refractivity contribution in [2.75, 3.05) is 6.54 Å². The lowest BCUT2D eigenvalue weighted by Crippen LogP contribution is -2.36.